The lowest BCUT2D eigenvalue weighted by Gasteiger charge is -2.28. The van der Waals surface area contributed by atoms with E-state index in [0.717, 1.165) is 24.8 Å². The SMILES string of the molecule is Cc1ccc([N+](=O)[O-])c(OC2CCCCC2O)c1. The van der Waals surface area contributed by atoms with Crippen molar-refractivity contribution in [1.82, 2.24) is 0 Å². The molecule has 0 saturated heterocycles. The van der Waals surface area contributed by atoms with Gasteiger partial charge in [-0.2, -0.15) is 0 Å². The Bertz CT molecular complexity index is 447. The second-order valence-corrected chi connectivity index (χ2v) is 4.74. The zero-order valence-electron chi connectivity index (χ0n) is 10.3. The quantitative estimate of drug-likeness (QED) is 0.662. The summed E-state index contributed by atoms with van der Waals surface area (Å²) in [5.74, 6) is 0.256. The average Bonchev–Trinajstić information content (AvgIpc) is 2.32. The minimum absolute atomic E-state index is 0.0432. The lowest BCUT2D eigenvalue weighted by Crippen LogP contribution is -2.34. The molecule has 0 aliphatic heterocycles. The minimum atomic E-state index is -0.529. The van der Waals surface area contributed by atoms with Crippen LogP contribution in [0, 0.1) is 17.0 Å². The second-order valence-electron chi connectivity index (χ2n) is 4.74. The molecule has 2 unspecified atom stereocenters. The van der Waals surface area contributed by atoms with E-state index in [1.165, 1.54) is 6.07 Å². The fourth-order valence-electron chi connectivity index (χ4n) is 2.24. The predicted molar refractivity (Wildman–Crippen MR) is 66.7 cm³/mol. The summed E-state index contributed by atoms with van der Waals surface area (Å²) < 4.78 is 5.65. The normalized spacial score (nSPS) is 23.7. The summed E-state index contributed by atoms with van der Waals surface area (Å²) in [6.07, 6.45) is 2.55. The number of aliphatic hydroxyl groups is 1. The summed E-state index contributed by atoms with van der Waals surface area (Å²) in [6.45, 7) is 1.86. The number of nitro benzene ring substituents is 1. The Balaban J connectivity index is 2.21. The van der Waals surface area contributed by atoms with Crippen molar-refractivity contribution in [3.8, 4) is 5.75 Å². The number of benzene rings is 1. The Morgan fingerprint density at radius 2 is 2.11 bits per heavy atom. The van der Waals surface area contributed by atoms with Crippen LogP contribution in [-0.4, -0.2) is 22.2 Å². The first-order valence-corrected chi connectivity index (χ1v) is 6.17. The van der Waals surface area contributed by atoms with Gasteiger partial charge < -0.3 is 9.84 Å². The molecule has 1 aliphatic carbocycles. The maximum Gasteiger partial charge on any atom is 0.310 e. The molecule has 0 aromatic heterocycles. The van der Waals surface area contributed by atoms with E-state index in [2.05, 4.69) is 0 Å². The first-order valence-electron chi connectivity index (χ1n) is 6.17. The molecule has 5 nitrogen and oxygen atoms in total. The Morgan fingerprint density at radius 1 is 1.39 bits per heavy atom. The summed E-state index contributed by atoms with van der Waals surface area (Å²) in [6, 6.07) is 4.78. The van der Waals surface area contributed by atoms with Gasteiger partial charge >= 0.3 is 5.69 Å². The van der Waals surface area contributed by atoms with E-state index in [0.29, 0.717) is 6.42 Å². The molecule has 0 amide bonds. The second kappa shape index (κ2) is 5.35. The number of aliphatic hydroxyl groups excluding tert-OH is 1. The van der Waals surface area contributed by atoms with E-state index in [1.807, 2.05) is 6.92 Å². The number of ether oxygens (including phenoxy) is 1. The lowest BCUT2D eigenvalue weighted by molar-refractivity contribution is -0.386. The number of aryl methyl sites for hydroxylation is 1. The summed E-state index contributed by atoms with van der Waals surface area (Å²) in [7, 11) is 0. The zero-order chi connectivity index (χ0) is 13.1. The molecule has 1 saturated carbocycles. The molecule has 0 spiro atoms. The van der Waals surface area contributed by atoms with Crippen LogP contribution < -0.4 is 4.74 Å². The van der Waals surface area contributed by atoms with Gasteiger partial charge in [0.05, 0.1) is 11.0 Å². The van der Waals surface area contributed by atoms with Crippen molar-refractivity contribution in [3.05, 3.63) is 33.9 Å². The van der Waals surface area contributed by atoms with Crippen LogP contribution >= 0.6 is 0 Å². The molecule has 98 valence electrons. The Morgan fingerprint density at radius 3 is 2.78 bits per heavy atom. The van der Waals surface area contributed by atoms with Crippen LogP contribution in [0.25, 0.3) is 0 Å². The molecule has 1 aromatic rings. The molecular formula is C13H17NO4. The molecular weight excluding hydrogens is 234 g/mol. The van der Waals surface area contributed by atoms with Crippen molar-refractivity contribution < 1.29 is 14.8 Å². The molecule has 1 fully saturated rings. The molecule has 18 heavy (non-hydrogen) atoms. The fourth-order valence-corrected chi connectivity index (χ4v) is 2.24. The summed E-state index contributed by atoms with van der Waals surface area (Å²) >= 11 is 0. The third kappa shape index (κ3) is 2.79. The van der Waals surface area contributed by atoms with Gasteiger partial charge in [0.1, 0.15) is 6.10 Å². The maximum absolute atomic E-state index is 10.9. The summed E-state index contributed by atoms with van der Waals surface area (Å²) in [4.78, 5) is 10.5. The Hall–Kier alpha value is -1.62. The fraction of sp³-hybridized carbons (Fsp3) is 0.538. The Kier molecular flexibility index (Phi) is 3.81. The van der Waals surface area contributed by atoms with Crippen LogP contribution in [0.15, 0.2) is 18.2 Å². The zero-order valence-corrected chi connectivity index (χ0v) is 10.3. The van der Waals surface area contributed by atoms with Crippen molar-refractivity contribution in [2.45, 2.75) is 44.8 Å². The van der Waals surface area contributed by atoms with Crippen molar-refractivity contribution in [1.29, 1.82) is 0 Å². The molecule has 1 aliphatic rings. The van der Waals surface area contributed by atoms with Gasteiger partial charge in [-0.3, -0.25) is 10.1 Å². The molecule has 5 heteroatoms. The van der Waals surface area contributed by atoms with Crippen molar-refractivity contribution in [2.24, 2.45) is 0 Å². The number of nitrogens with zero attached hydrogens (tertiary/aromatic N) is 1. The van der Waals surface area contributed by atoms with Crippen molar-refractivity contribution in [3.63, 3.8) is 0 Å². The van der Waals surface area contributed by atoms with Crippen LogP contribution in [0.1, 0.15) is 31.2 Å². The van der Waals surface area contributed by atoms with E-state index in [1.54, 1.807) is 12.1 Å². The third-order valence-corrected chi connectivity index (χ3v) is 3.26. The summed E-state index contributed by atoms with van der Waals surface area (Å²) in [5.41, 5.74) is 0.860. The standard InChI is InChI=1S/C13H17NO4/c1-9-6-7-10(14(16)17)13(8-9)18-12-5-3-2-4-11(12)15/h6-8,11-12,15H,2-5H2,1H3. The highest BCUT2D eigenvalue weighted by Crippen LogP contribution is 2.31. The van der Waals surface area contributed by atoms with Crippen LogP contribution in [0.5, 0.6) is 5.75 Å². The number of rotatable bonds is 3. The molecule has 1 N–H and O–H groups in total. The lowest BCUT2D eigenvalue weighted by atomic mass is 9.95. The van der Waals surface area contributed by atoms with Gasteiger partial charge in [-0.15, -0.1) is 0 Å². The predicted octanol–water partition coefficient (Wildman–Crippen LogP) is 2.59. The smallest absolute Gasteiger partial charge is 0.310 e. The molecule has 2 rings (SSSR count). The van der Waals surface area contributed by atoms with E-state index in [4.69, 9.17) is 4.74 Å². The highest BCUT2D eigenvalue weighted by Gasteiger charge is 2.27. The molecule has 0 radical (unpaired) electrons. The molecule has 0 heterocycles. The third-order valence-electron chi connectivity index (χ3n) is 3.26. The largest absolute Gasteiger partial charge is 0.481 e. The van der Waals surface area contributed by atoms with Gasteiger partial charge in [-0.25, -0.2) is 0 Å². The average molecular weight is 251 g/mol. The van der Waals surface area contributed by atoms with Crippen LogP contribution in [0.2, 0.25) is 0 Å². The van der Waals surface area contributed by atoms with Crippen molar-refractivity contribution >= 4 is 5.69 Å². The monoisotopic (exact) mass is 251 g/mol. The topological polar surface area (TPSA) is 72.6 Å². The highest BCUT2D eigenvalue weighted by molar-refractivity contribution is 5.48. The molecule has 0 bridgehead atoms. The Labute approximate surface area is 106 Å². The number of hydrogen-bond donors (Lipinski definition) is 1. The van der Waals surface area contributed by atoms with E-state index in [-0.39, 0.29) is 17.5 Å². The first-order chi connectivity index (χ1) is 8.58. The van der Waals surface area contributed by atoms with Gasteiger partial charge in [0.2, 0.25) is 0 Å². The minimum Gasteiger partial charge on any atom is -0.481 e. The number of nitro groups is 1. The van der Waals surface area contributed by atoms with Gasteiger partial charge in [-0.1, -0.05) is 12.5 Å². The molecule has 2 atom stereocenters. The van der Waals surface area contributed by atoms with Crippen LogP contribution in [0.4, 0.5) is 5.69 Å². The van der Waals surface area contributed by atoms with Crippen molar-refractivity contribution in [2.75, 3.05) is 0 Å². The van der Waals surface area contributed by atoms with Gasteiger partial charge in [-0.05, 0) is 37.8 Å². The summed E-state index contributed by atoms with van der Waals surface area (Å²) in [5, 5.41) is 20.8. The molecule has 1 aromatic carbocycles. The van der Waals surface area contributed by atoms with Gasteiger partial charge in [0.15, 0.2) is 5.75 Å². The maximum atomic E-state index is 10.9. The highest BCUT2D eigenvalue weighted by atomic mass is 16.6. The van der Waals surface area contributed by atoms with E-state index in [9.17, 15) is 15.2 Å². The number of hydrogen-bond acceptors (Lipinski definition) is 4. The van der Waals surface area contributed by atoms with Crippen LogP contribution in [0.3, 0.4) is 0 Å². The van der Waals surface area contributed by atoms with Crippen LogP contribution in [-0.2, 0) is 0 Å². The van der Waals surface area contributed by atoms with Gasteiger partial charge in [0, 0.05) is 6.07 Å². The van der Waals surface area contributed by atoms with E-state index < -0.39 is 11.0 Å². The van der Waals surface area contributed by atoms with Gasteiger partial charge in [0.25, 0.3) is 0 Å². The van der Waals surface area contributed by atoms with E-state index >= 15 is 0 Å². The first kappa shape index (κ1) is 12.8.